The molecule has 1 N–H and O–H groups in total. The molecule has 7 heteroatoms. The Hall–Kier alpha value is -3.35. The molecule has 0 unspecified atom stereocenters. The van der Waals surface area contributed by atoms with E-state index in [0.29, 0.717) is 28.6 Å². The van der Waals surface area contributed by atoms with Gasteiger partial charge in [-0.1, -0.05) is 6.07 Å². The van der Waals surface area contributed by atoms with E-state index in [1.54, 1.807) is 57.1 Å². The average molecular weight is 353 g/mol. The van der Waals surface area contributed by atoms with Gasteiger partial charge >= 0.3 is 0 Å². The Morgan fingerprint density at radius 1 is 1.12 bits per heavy atom. The summed E-state index contributed by atoms with van der Waals surface area (Å²) in [5.41, 5.74) is 2.08. The summed E-state index contributed by atoms with van der Waals surface area (Å²) >= 11 is 0. The highest BCUT2D eigenvalue weighted by Crippen LogP contribution is 2.27. The van der Waals surface area contributed by atoms with E-state index in [1.807, 2.05) is 6.07 Å². The fraction of sp³-hybridized carbons (Fsp3) is 0.211. The number of ether oxygens (including phenoxy) is 2. The number of carbonyl (C=O) groups excluding carboxylic acids is 1. The van der Waals surface area contributed by atoms with Crippen LogP contribution in [0.5, 0.6) is 11.5 Å². The van der Waals surface area contributed by atoms with Crippen LogP contribution in [0.25, 0.3) is 11.5 Å². The zero-order chi connectivity index (χ0) is 18.4. The van der Waals surface area contributed by atoms with Crippen molar-refractivity contribution in [2.45, 2.75) is 13.0 Å². The van der Waals surface area contributed by atoms with Gasteiger partial charge in [-0.2, -0.15) is 0 Å². The molecule has 0 radical (unpaired) electrons. The molecule has 3 rings (SSSR count). The average Bonchev–Trinajstić information content (AvgIpc) is 3.21. The van der Waals surface area contributed by atoms with Crippen molar-refractivity contribution in [2.75, 3.05) is 14.2 Å². The van der Waals surface area contributed by atoms with Crippen molar-refractivity contribution in [3.8, 4) is 23.0 Å². The highest BCUT2D eigenvalue weighted by molar-refractivity contribution is 5.79. The van der Waals surface area contributed by atoms with Crippen LogP contribution in [0.4, 0.5) is 0 Å². The van der Waals surface area contributed by atoms with E-state index < -0.39 is 0 Å². The van der Waals surface area contributed by atoms with E-state index >= 15 is 0 Å². The Bertz CT molecular complexity index is 878. The van der Waals surface area contributed by atoms with Crippen LogP contribution in [0, 0.1) is 0 Å². The molecule has 0 bridgehead atoms. The maximum atomic E-state index is 12.3. The molecule has 1 amide bonds. The lowest BCUT2D eigenvalue weighted by molar-refractivity contribution is -0.120. The van der Waals surface area contributed by atoms with Gasteiger partial charge in [0, 0.05) is 12.4 Å². The molecule has 0 spiro atoms. The minimum Gasteiger partial charge on any atom is -0.493 e. The summed E-state index contributed by atoms with van der Waals surface area (Å²) in [6, 6.07) is 8.98. The minimum absolute atomic E-state index is 0.131. The van der Waals surface area contributed by atoms with E-state index in [4.69, 9.17) is 13.9 Å². The smallest absolute Gasteiger partial charge is 0.224 e. The predicted octanol–water partition coefficient (Wildman–Crippen LogP) is 2.61. The molecule has 0 fully saturated rings. The van der Waals surface area contributed by atoms with Gasteiger partial charge in [0.1, 0.15) is 5.69 Å². The van der Waals surface area contributed by atoms with Gasteiger partial charge in [0.15, 0.2) is 17.3 Å². The van der Waals surface area contributed by atoms with Crippen LogP contribution in [0.15, 0.2) is 53.4 Å². The van der Waals surface area contributed by atoms with Crippen molar-refractivity contribution in [2.24, 2.45) is 0 Å². The van der Waals surface area contributed by atoms with Crippen LogP contribution >= 0.6 is 0 Å². The molecule has 7 nitrogen and oxygen atoms in total. The third kappa shape index (κ3) is 4.00. The first-order valence-electron chi connectivity index (χ1n) is 8.02. The largest absolute Gasteiger partial charge is 0.493 e. The van der Waals surface area contributed by atoms with Crippen molar-refractivity contribution >= 4 is 5.91 Å². The maximum Gasteiger partial charge on any atom is 0.224 e. The quantitative estimate of drug-likeness (QED) is 0.703. The van der Waals surface area contributed by atoms with Crippen LogP contribution in [-0.4, -0.2) is 30.1 Å². The summed E-state index contributed by atoms with van der Waals surface area (Å²) in [6.07, 6.45) is 4.97. The Balaban J connectivity index is 1.65. The Morgan fingerprint density at radius 2 is 1.92 bits per heavy atom. The summed E-state index contributed by atoms with van der Waals surface area (Å²) in [5, 5.41) is 2.86. The lowest BCUT2D eigenvalue weighted by atomic mass is 10.1. The predicted molar refractivity (Wildman–Crippen MR) is 94.8 cm³/mol. The second kappa shape index (κ2) is 8.15. The van der Waals surface area contributed by atoms with Crippen molar-refractivity contribution < 1.29 is 18.7 Å². The van der Waals surface area contributed by atoms with Gasteiger partial charge in [-0.05, 0) is 29.8 Å². The zero-order valence-corrected chi connectivity index (χ0v) is 14.6. The van der Waals surface area contributed by atoms with Gasteiger partial charge in [0.2, 0.25) is 5.91 Å². The van der Waals surface area contributed by atoms with E-state index in [1.165, 1.54) is 0 Å². The number of nitrogens with one attached hydrogen (secondary N) is 1. The number of amides is 1. The number of rotatable bonds is 7. The Morgan fingerprint density at radius 3 is 2.65 bits per heavy atom. The third-order valence-electron chi connectivity index (χ3n) is 3.79. The molecule has 2 aromatic heterocycles. The van der Waals surface area contributed by atoms with Crippen molar-refractivity contribution in [3.05, 3.63) is 60.2 Å². The van der Waals surface area contributed by atoms with Gasteiger partial charge in [-0.15, -0.1) is 0 Å². The number of hydrogen-bond donors (Lipinski definition) is 1. The van der Waals surface area contributed by atoms with E-state index in [-0.39, 0.29) is 18.9 Å². The van der Waals surface area contributed by atoms with Gasteiger partial charge in [-0.25, -0.2) is 4.98 Å². The fourth-order valence-electron chi connectivity index (χ4n) is 2.54. The number of benzene rings is 1. The third-order valence-corrected chi connectivity index (χ3v) is 3.79. The highest BCUT2D eigenvalue weighted by Gasteiger charge is 2.12. The summed E-state index contributed by atoms with van der Waals surface area (Å²) < 4.78 is 15.8. The van der Waals surface area contributed by atoms with E-state index in [2.05, 4.69) is 15.3 Å². The number of methoxy groups -OCH3 is 2. The zero-order valence-electron chi connectivity index (χ0n) is 14.6. The number of furan rings is 1. The van der Waals surface area contributed by atoms with Crippen molar-refractivity contribution in [3.63, 3.8) is 0 Å². The SMILES string of the molecule is COc1ccc(CC(=O)NCc2nccnc2-c2ccco2)cc1OC. The Kier molecular flexibility index (Phi) is 5.48. The Labute approximate surface area is 151 Å². The molecule has 0 aliphatic rings. The first-order chi connectivity index (χ1) is 12.7. The van der Waals surface area contributed by atoms with E-state index in [0.717, 1.165) is 5.56 Å². The van der Waals surface area contributed by atoms with Crippen molar-refractivity contribution in [1.82, 2.24) is 15.3 Å². The number of hydrogen-bond acceptors (Lipinski definition) is 6. The molecule has 0 aliphatic carbocycles. The van der Waals surface area contributed by atoms with Gasteiger partial charge < -0.3 is 19.2 Å². The second-order valence-corrected chi connectivity index (χ2v) is 5.47. The summed E-state index contributed by atoms with van der Waals surface area (Å²) in [6.45, 7) is 0.260. The normalized spacial score (nSPS) is 10.4. The topological polar surface area (TPSA) is 86.5 Å². The van der Waals surface area contributed by atoms with Crippen LogP contribution in [0.3, 0.4) is 0 Å². The fourth-order valence-corrected chi connectivity index (χ4v) is 2.54. The molecule has 134 valence electrons. The van der Waals surface area contributed by atoms with Gasteiger partial charge in [-0.3, -0.25) is 9.78 Å². The molecule has 1 aromatic carbocycles. The first-order valence-corrected chi connectivity index (χ1v) is 8.02. The monoisotopic (exact) mass is 353 g/mol. The second-order valence-electron chi connectivity index (χ2n) is 5.47. The van der Waals surface area contributed by atoms with Crippen LogP contribution in [0.2, 0.25) is 0 Å². The molecule has 0 atom stereocenters. The highest BCUT2D eigenvalue weighted by atomic mass is 16.5. The maximum absolute atomic E-state index is 12.3. The standard InChI is InChI=1S/C19H19N3O4/c1-24-15-6-5-13(10-17(15)25-2)11-18(23)22-12-14-19(21-8-7-20-14)16-4-3-9-26-16/h3-10H,11-12H2,1-2H3,(H,22,23). The number of carbonyl (C=O) groups is 1. The van der Waals surface area contributed by atoms with Crippen LogP contribution in [0.1, 0.15) is 11.3 Å². The molecule has 26 heavy (non-hydrogen) atoms. The molecule has 0 saturated heterocycles. The molecule has 3 aromatic rings. The minimum atomic E-state index is -0.131. The molecule has 2 heterocycles. The number of aromatic nitrogens is 2. The molecule has 0 aliphatic heterocycles. The number of nitrogens with zero attached hydrogens (tertiary/aromatic N) is 2. The lowest BCUT2D eigenvalue weighted by Crippen LogP contribution is -2.25. The molecular formula is C19H19N3O4. The van der Waals surface area contributed by atoms with Crippen molar-refractivity contribution in [1.29, 1.82) is 0 Å². The van der Waals surface area contributed by atoms with E-state index in [9.17, 15) is 4.79 Å². The van der Waals surface area contributed by atoms with Gasteiger partial charge in [0.05, 0.1) is 39.1 Å². The van der Waals surface area contributed by atoms with Crippen LogP contribution < -0.4 is 14.8 Å². The molecular weight excluding hydrogens is 334 g/mol. The lowest BCUT2D eigenvalue weighted by Gasteiger charge is -2.10. The molecule has 0 saturated carbocycles. The first kappa shape index (κ1) is 17.5. The van der Waals surface area contributed by atoms with Gasteiger partial charge in [0.25, 0.3) is 0 Å². The summed E-state index contributed by atoms with van der Waals surface area (Å²) in [5.74, 6) is 1.70. The summed E-state index contributed by atoms with van der Waals surface area (Å²) in [4.78, 5) is 20.9. The van der Waals surface area contributed by atoms with Crippen LogP contribution in [-0.2, 0) is 17.8 Å². The summed E-state index contributed by atoms with van der Waals surface area (Å²) in [7, 11) is 3.13.